The number of aromatic nitrogens is 3. The van der Waals surface area contributed by atoms with Gasteiger partial charge in [-0.3, -0.25) is 0 Å². The molecule has 2 aromatic rings. The van der Waals surface area contributed by atoms with Crippen molar-refractivity contribution >= 4 is 69.2 Å². The molecule has 9 nitrogen and oxygen atoms in total. The van der Waals surface area contributed by atoms with Crippen LogP contribution in [0.15, 0.2) is 17.2 Å². The number of anilines is 3. The first-order valence-electron chi connectivity index (χ1n) is 8.56. The molecule has 2 heterocycles. The number of nitrogens with one attached hydrogen (secondary N) is 1. The van der Waals surface area contributed by atoms with Crippen LogP contribution in [-0.2, 0) is 4.74 Å². The Bertz CT molecular complexity index is 858. The number of halogens is 2. The molecule has 1 fully saturated rings. The zero-order valence-corrected chi connectivity index (χ0v) is 20.1. The molecule has 1 aromatic heterocycles. The summed E-state index contributed by atoms with van der Waals surface area (Å²) in [5, 5.41) is 4.31. The van der Waals surface area contributed by atoms with Gasteiger partial charge in [-0.1, -0.05) is 0 Å². The predicted octanol–water partition coefficient (Wildman–Crippen LogP) is 2.44. The lowest BCUT2D eigenvalue weighted by Crippen LogP contribution is -2.37. The molecular weight excluding hydrogens is 588 g/mol. The van der Waals surface area contributed by atoms with Gasteiger partial charge < -0.3 is 19.3 Å². The van der Waals surface area contributed by atoms with Crippen LogP contribution in [0.4, 0.5) is 17.8 Å². The lowest BCUT2D eigenvalue weighted by atomic mass is 10.2. The second-order valence-electron chi connectivity index (χ2n) is 6.13. The third kappa shape index (κ3) is 5.31. The van der Waals surface area contributed by atoms with Gasteiger partial charge in [0.1, 0.15) is 5.75 Å². The lowest BCUT2D eigenvalue weighted by molar-refractivity contribution is 0.122. The Morgan fingerprint density at radius 3 is 2.64 bits per heavy atom. The molecule has 1 aromatic carbocycles. The minimum absolute atomic E-state index is 0.385. The Morgan fingerprint density at radius 1 is 1.21 bits per heavy atom. The van der Waals surface area contributed by atoms with Gasteiger partial charge in [0.25, 0.3) is 0 Å². The molecule has 0 amide bonds. The number of nitrogens with zero attached hydrogens (tertiary/aromatic N) is 6. The summed E-state index contributed by atoms with van der Waals surface area (Å²) in [5.41, 5.74) is 3.80. The largest absolute Gasteiger partial charge is 0.495 e. The summed E-state index contributed by atoms with van der Waals surface area (Å²) in [7, 11) is 5.44. The van der Waals surface area contributed by atoms with E-state index in [1.807, 2.05) is 25.1 Å². The minimum Gasteiger partial charge on any atom is -0.495 e. The van der Waals surface area contributed by atoms with Gasteiger partial charge in [-0.2, -0.15) is 20.1 Å². The maximum atomic E-state index is 5.49. The molecule has 0 spiro atoms. The second kappa shape index (κ2) is 9.82. The Labute approximate surface area is 191 Å². The fourth-order valence-corrected chi connectivity index (χ4v) is 4.67. The van der Waals surface area contributed by atoms with Gasteiger partial charge in [-0.25, -0.2) is 5.43 Å². The van der Waals surface area contributed by atoms with Gasteiger partial charge in [0.05, 0.1) is 30.1 Å². The summed E-state index contributed by atoms with van der Waals surface area (Å²) in [6.07, 6.45) is 1.71. The molecule has 1 aliphatic rings. The number of methoxy groups -OCH3 is 1. The van der Waals surface area contributed by atoms with Crippen molar-refractivity contribution in [2.45, 2.75) is 0 Å². The van der Waals surface area contributed by atoms with Gasteiger partial charge in [0, 0.05) is 36.3 Å². The van der Waals surface area contributed by atoms with Gasteiger partial charge in [-0.15, -0.1) is 0 Å². The molecule has 0 saturated carbocycles. The third-order valence-corrected chi connectivity index (χ3v) is 5.34. The van der Waals surface area contributed by atoms with Crippen molar-refractivity contribution < 1.29 is 9.47 Å². The summed E-state index contributed by atoms with van der Waals surface area (Å²) in [4.78, 5) is 17.4. The zero-order chi connectivity index (χ0) is 20.1. The van der Waals surface area contributed by atoms with E-state index in [2.05, 4.69) is 81.6 Å². The molecule has 0 radical (unpaired) electrons. The molecule has 11 heteroatoms. The fraction of sp³-hybridized carbons (Fsp3) is 0.412. The van der Waals surface area contributed by atoms with Gasteiger partial charge >= 0.3 is 0 Å². The van der Waals surface area contributed by atoms with Crippen LogP contribution in [0.25, 0.3) is 0 Å². The summed E-state index contributed by atoms with van der Waals surface area (Å²) in [6.45, 7) is 2.82. The number of rotatable bonds is 6. The molecule has 3 rings (SSSR count). The normalized spacial score (nSPS) is 14.4. The van der Waals surface area contributed by atoms with Crippen molar-refractivity contribution in [2.24, 2.45) is 5.10 Å². The Kier molecular flexibility index (Phi) is 7.45. The molecule has 1 aliphatic heterocycles. The number of ether oxygens (including phenoxy) is 2. The smallest absolute Gasteiger partial charge is 0.250 e. The van der Waals surface area contributed by atoms with Crippen LogP contribution in [-0.4, -0.2) is 68.7 Å². The second-order valence-corrected chi connectivity index (χ2v) is 8.54. The van der Waals surface area contributed by atoms with E-state index < -0.39 is 0 Å². The van der Waals surface area contributed by atoms with Gasteiger partial charge in [-0.05, 0) is 57.3 Å². The van der Waals surface area contributed by atoms with Gasteiger partial charge in [0.15, 0.2) is 0 Å². The van der Waals surface area contributed by atoms with Crippen LogP contribution in [0.2, 0.25) is 0 Å². The molecule has 0 aliphatic carbocycles. The number of hydrogen-bond donors (Lipinski definition) is 1. The Balaban J connectivity index is 1.84. The third-order valence-electron chi connectivity index (χ3n) is 3.92. The molecule has 0 bridgehead atoms. The van der Waals surface area contributed by atoms with Crippen molar-refractivity contribution in [3.8, 4) is 5.75 Å². The van der Waals surface area contributed by atoms with Crippen LogP contribution >= 0.6 is 45.2 Å². The lowest BCUT2D eigenvalue weighted by Gasteiger charge is -2.27. The standard InChI is InChI=1S/C17H21I2N7O2/c1-25(2)16-21-15(22-17(23-16)26-4-6-28-7-5-26)24-20-10-11-8-12(18)9-13(19)14(11)27-3/h8-10H,4-7H2,1-3H3,(H,21,22,23,24)/b20-10-. The van der Waals surface area contributed by atoms with Crippen LogP contribution in [0.5, 0.6) is 5.75 Å². The molecule has 0 atom stereocenters. The summed E-state index contributed by atoms with van der Waals surface area (Å²) in [6, 6.07) is 4.05. The number of hydrazone groups is 1. The Hall–Kier alpha value is -1.48. The van der Waals surface area contributed by atoms with Crippen LogP contribution < -0.4 is 20.0 Å². The first-order valence-corrected chi connectivity index (χ1v) is 10.7. The van der Waals surface area contributed by atoms with E-state index in [1.54, 1.807) is 13.3 Å². The van der Waals surface area contributed by atoms with E-state index in [-0.39, 0.29) is 0 Å². The maximum absolute atomic E-state index is 5.49. The summed E-state index contributed by atoms with van der Waals surface area (Å²) in [5.74, 6) is 2.35. The van der Waals surface area contributed by atoms with E-state index in [1.165, 1.54) is 0 Å². The maximum Gasteiger partial charge on any atom is 0.250 e. The highest BCUT2D eigenvalue weighted by molar-refractivity contribution is 14.1. The van der Waals surface area contributed by atoms with E-state index in [0.29, 0.717) is 31.1 Å². The average Bonchev–Trinajstić information content (AvgIpc) is 2.68. The highest BCUT2D eigenvalue weighted by Gasteiger charge is 2.17. The van der Waals surface area contributed by atoms with Gasteiger partial charge in [0.2, 0.25) is 17.8 Å². The number of benzene rings is 1. The van der Waals surface area contributed by atoms with E-state index in [4.69, 9.17) is 9.47 Å². The zero-order valence-electron chi connectivity index (χ0n) is 15.8. The molecule has 1 saturated heterocycles. The van der Waals surface area contributed by atoms with Crippen molar-refractivity contribution in [3.05, 3.63) is 24.8 Å². The number of hydrogen-bond acceptors (Lipinski definition) is 9. The van der Waals surface area contributed by atoms with Crippen molar-refractivity contribution in [2.75, 3.05) is 62.7 Å². The first kappa shape index (κ1) is 21.2. The van der Waals surface area contributed by atoms with Crippen LogP contribution in [0, 0.1) is 7.14 Å². The predicted molar refractivity (Wildman–Crippen MR) is 127 cm³/mol. The molecular formula is C17H21I2N7O2. The average molecular weight is 609 g/mol. The molecule has 28 heavy (non-hydrogen) atoms. The topological polar surface area (TPSA) is 88.0 Å². The molecule has 0 unspecified atom stereocenters. The van der Waals surface area contributed by atoms with Crippen molar-refractivity contribution in [1.82, 2.24) is 15.0 Å². The number of morpholine rings is 1. The highest BCUT2D eigenvalue weighted by atomic mass is 127. The monoisotopic (exact) mass is 609 g/mol. The Morgan fingerprint density at radius 2 is 1.96 bits per heavy atom. The molecule has 150 valence electrons. The minimum atomic E-state index is 0.385. The fourth-order valence-electron chi connectivity index (χ4n) is 2.56. The van der Waals surface area contributed by atoms with Crippen LogP contribution in [0.3, 0.4) is 0 Å². The summed E-state index contributed by atoms with van der Waals surface area (Å²) < 4.78 is 13.0. The van der Waals surface area contributed by atoms with Crippen LogP contribution in [0.1, 0.15) is 5.56 Å². The quantitative estimate of drug-likeness (QED) is 0.304. The SMILES string of the molecule is COc1c(I)cc(I)cc1/C=N\Nc1nc(N(C)C)nc(N2CCOCC2)n1. The highest BCUT2D eigenvalue weighted by Crippen LogP contribution is 2.27. The molecule has 1 N–H and O–H groups in total. The summed E-state index contributed by atoms with van der Waals surface area (Å²) >= 11 is 4.52. The van der Waals surface area contributed by atoms with E-state index in [9.17, 15) is 0 Å². The van der Waals surface area contributed by atoms with Crippen molar-refractivity contribution in [1.29, 1.82) is 0 Å². The first-order chi connectivity index (χ1) is 13.5. The van der Waals surface area contributed by atoms with Crippen molar-refractivity contribution in [3.63, 3.8) is 0 Å². The van der Waals surface area contributed by atoms with E-state index >= 15 is 0 Å². The van der Waals surface area contributed by atoms with E-state index in [0.717, 1.165) is 31.5 Å².